The molecule has 3 rings (SSSR count). The quantitative estimate of drug-likeness (QED) is 0.538. The van der Waals surface area contributed by atoms with Gasteiger partial charge in [-0.1, -0.05) is 35.9 Å². The van der Waals surface area contributed by atoms with Crippen LogP contribution in [0.25, 0.3) is 10.8 Å². The lowest BCUT2D eigenvalue weighted by Gasteiger charge is -2.10. The van der Waals surface area contributed by atoms with Crippen molar-refractivity contribution in [2.24, 2.45) is 0 Å². The molecule has 112 valence electrons. The summed E-state index contributed by atoms with van der Waals surface area (Å²) in [4.78, 5) is 0. The predicted octanol–water partition coefficient (Wildman–Crippen LogP) is 4.06. The van der Waals surface area contributed by atoms with E-state index in [1.165, 1.54) is 0 Å². The highest BCUT2D eigenvalue weighted by Crippen LogP contribution is 2.31. The third-order valence-corrected chi connectivity index (χ3v) is 3.98. The Morgan fingerprint density at radius 2 is 1.82 bits per heavy atom. The second-order valence-electron chi connectivity index (χ2n) is 5.19. The van der Waals surface area contributed by atoms with E-state index in [0.29, 0.717) is 23.7 Å². The molecule has 0 aliphatic heterocycles. The molecule has 0 radical (unpaired) electrons. The van der Waals surface area contributed by atoms with E-state index in [4.69, 9.17) is 16.3 Å². The summed E-state index contributed by atoms with van der Waals surface area (Å²) < 4.78 is 6.76. The van der Waals surface area contributed by atoms with Gasteiger partial charge in [0, 0.05) is 40.8 Å². The molecule has 2 aromatic carbocycles. The van der Waals surface area contributed by atoms with E-state index < -0.39 is 0 Å². The number of benzene rings is 2. The van der Waals surface area contributed by atoms with Gasteiger partial charge in [0.15, 0.2) is 11.9 Å². The highest BCUT2D eigenvalue weighted by atomic mass is 35.5. The van der Waals surface area contributed by atoms with Crippen LogP contribution >= 0.6 is 11.6 Å². The third kappa shape index (κ3) is 3.00. The van der Waals surface area contributed by atoms with Crippen molar-refractivity contribution in [3.05, 3.63) is 76.2 Å². The van der Waals surface area contributed by atoms with Crippen molar-refractivity contribution in [2.75, 3.05) is 6.61 Å². The normalized spacial score (nSPS) is 10.8. The maximum atomic E-state index is 11.5. The first-order valence-electron chi connectivity index (χ1n) is 7.14. The fraction of sp³-hybridized carbons (Fsp3) is 0.167. The summed E-state index contributed by atoms with van der Waals surface area (Å²) in [5.74, 6) is 0.808. The van der Waals surface area contributed by atoms with Crippen LogP contribution in [0.15, 0.2) is 54.7 Å². The SMILES string of the molecule is Cc1ccc(CCOc2ccc(Cl)c3ccccc23)c[n+]1[O-]. The van der Waals surface area contributed by atoms with Crippen LogP contribution in [0.5, 0.6) is 5.75 Å². The molecule has 0 unspecified atom stereocenters. The smallest absolute Gasteiger partial charge is 0.189 e. The summed E-state index contributed by atoms with van der Waals surface area (Å²) >= 11 is 6.20. The van der Waals surface area contributed by atoms with Crippen LogP contribution in [0.1, 0.15) is 11.3 Å². The van der Waals surface area contributed by atoms with Crippen molar-refractivity contribution in [2.45, 2.75) is 13.3 Å². The van der Waals surface area contributed by atoms with Crippen LogP contribution < -0.4 is 9.47 Å². The van der Waals surface area contributed by atoms with Gasteiger partial charge in [0.05, 0.1) is 6.61 Å². The molecule has 0 aliphatic carbocycles. The molecule has 1 aromatic heterocycles. The first kappa shape index (κ1) is 14.7. The molecule has 4 heteroatoms. The molecule has 3 aromatic rings. The fourth-order valence-corrected chi connectivity index (χ4v) is 2.61. The van der Waals surface area contributed by atoms with Crippen molar-refractivity contribution < 1.29 is 9.47 Å². The molecule has 0 saturated heterocycles. The zero-order valence-electron chi connectivity index (χ0n) is 12.3. The molecule has 0 fully saturated rings. The number of fused-ring (bicyclic) bond motifs is 1. The highest BCUT2D eigenvalue weighted by Gasteiger charge is 2.06. The van der Waals surface area contributed by atoms with Crippen LogP contribution in [0.2, 0.25) is 5.02 Å². The highest BCUT2D eigenvalue weighted by molar-refractivity contribution is 6.35. The average Bonchev–Trinajstić information content (AvgIpc) is 2.53. The summed E-state index contributed by atoms with van der Waals surface area (Å²) in [6.07, 6.45) is 2.28. The van der Waals surface area contributed by atoms with Gasteiger partial charge in [-0.2, -0.15) is 4.73 Å². The first-order chi connectivity index (χ1) is 10.6. The number of rotatable bonds is 4. The first-order valence-corrected chi connectivity index (χ1v) is 7.52. The second-order valence-corrected chi connectivity index (χ2v) is 5.60. The minimum atomic E-state index is 0.509. The van der Waals surface area contributed by atoms with E-state index >= 15 is 0 Å². The minimum absolute atomic E-state index is 0.509. The van der Waals surface area contributed by atoms with Crippen LogP contribution in [-0.2, 0) is 6.42 Å². The molecule has 22 heavy (non-hydrogen) atoms. The van der Waals surface area contributed by atoms with Gasteiger partial charge in [-0.25, -0.2) is 0 Å². The molecule has 0 N–H and O–H groups in total. The van der Waals surface area contributed by atoms with E-state index in [1.54, 1.807) is 13.1 Å². The molecule has 0 spiro atoms. The Balaban J connectivity index is 1.74. The molecule has 0 atom stereocenters. The van der Waals surface area contributed by atoms with Gasteiger partial charge in [-0.05, 0) is 18.2 Å². The Bertz CT molecular complexity index is 817. The van der Waals surface area contributed by atoms with Gasteiger partial charge in [-0.15, -0.1) is 0 Å². The van der Waals surface area contributed by atoms with Crippen molar-refractivity contribution in [3.8, 4) is 5.75 Å². The van der Waals surface area contributed by atoms with E-state index in [1.807, 2.05) is 48.5 Å². The van der Waals surface area contributed by atoms with Gasteiger partial charge in [0.2, 0.25) is 0 Å². The lowest BCUT2D eigenvalue weighted by molar-refractivity contribution is -0.612. The largest absolute Gasteiger partial charge is 0.619 e. The zero-order valence-corrected chi connectivity index (χ0v) is 13.0. The Hall–Kier alpha value is -2.26. The van der Waals surface area contributed by atoms with Gasteiger partial charge in [0.1, 0.15) is 5.75 Å². The van der Waals surface area contributed by atoms with E-state index in [9.17, 15) is 5.21 Å². The second kappa shape index (κ2) is 6.24. The Labute approximate surface area is 134 Å². The minimum Gasteiger partial charge on any atom is -0.619 e. The summed E-state index contributed by atoms with van der Waals surface area (Å²) in [6, 6.07) is 15.4. The number of ether oxygens (including phenoxy) is 1. The van der Waals surface area contributed by atoms with E-state index in [-0.39, 0.29) is 0 Å². The molecule has 0 bridgehead atoms. The predicted molar refractivity (Wildman–Crippen MR) is 88.3 cm³/mol. The van der Waals surface area contributed by atoms with Crippen molar-refractivity contribution >= 4 is 22.4 Å². The van der Waals surface area contributed by atoms with Gasteiger partial charge in [0.25, 0.3) is 0 Å². The van der Waals surface area contributed by atoms with Crippen molar-refractivity contribution in [1.29, 1.82) is 0 Å². The van der Waals surface area contributed by atoms with Crippen LogP contribution in [0.4, 0.5) is 0 Å². The maximum Gasteiger partial charge on any atom is 0.189 e. The van der Waals surface area contributed by atoms with Gasteiger partial charge < -0.3 is 9.94 Å². The molecular weight excluding hydrogens is 298 g/mol. The summed E-state index contributed by atoms with van der Waals surface area (Å²) in [5, 5.41) is 14.2. The van der Waals surface area contributed by atoms with Crippen molar-refractivity contribution in [3.63, 3.8) is 0 Å². The monoisotopic (exact) mass is 313 g/mol. The molecule has 0 saturated carbocycles. The lowest BCUT2D eigenvalue weighted by atomic mass is 10.1. The Morgan fingerprint density at radius 3 is 2.59 bits per heavy atom. The molecular formula is C18H16ClNO2. The van der Waals surface area contributed by atoms with Crippen LogP contribution in [0, 0.1) is 12.1 Å². The van der Waals surface area contributed by atoms with E-state index in [2.05, 4.69) is 0 Å². The Kier molecular flexibility index (Phi) is 4.16. The average molecular weight is 314 g/mol. The molecule has 0 aliphatic rings. The van der Waals surface area contributed by atoms with E-state index in [0.717, 1.165) is 26.8 Å². The standard InChI is InChI=1S/C18H16ClNO2/c1-13-6-7-14(12-20(13)21)10-11-22-18-9-8-17(19)15-4-2-3-5-16(15)18/h2-9,12H,10-11H2,1H3. The topological polar surface area (TPSA) is 36.2 Å². The third-order valence-electron chi connectivity index (χ3n) is 3.65. The summed E-state index contributed by atoms with van der Waals surface area (Å²) in [5.41, 5.74) is 1.65. The number of hydrogen-bond donors (Lipinski definition) is 0. The lowest BCUT2D eigenvalue weighted by Crippen LogP contribution is -2.30. The Morgan fingerprint density at radius 1 is 1.05 bits per heavy atom. The summed E-state index contributed by atoms with van der Waals surface area (Å²) in [7, 11) is 0. The van der Waals surface area contributed by atoms with Crippen LogP contribution in [-0.4, -0.2) is 6.61 Å². The summed E-state index contributed by atoms with van der Waals surface area (Å²) in [6.45, 7) is 2.29. The number of halogens is 1. The fourth-order valence-electron chi connectivity index (χ4n) is 2.38. The van der Waals surface area contributed by atoms with Gasteiger partial charge >= 0.3 is 0 Å². The maximum absolute atomic E-state index is 11.5. The van der Waals surface area contributed by atoms with Crippen LogP contribution in [0.3, 0.4) is 0 Å². The number of nitrogens with zero attached hydrogens (tertiary/aromatic N) is 1. The zero-order chi connectivity index (χ0) is 15.5. The number of pyridine rings is 1. The number of aryl methyl sites for hydroxylation is 1. The molecule has 0 amide bonds. The molecule has 3 nitrogen and oxygen atoms in total. The number of hydrogen-bond acceptors (Lipinski definition) is 2. The molecule has 1 heterocycles. The van der Waals surface area contributed by atoms with Gasteiger partial charge in [-0.3, -0.25) is 0 Å². The number of aromatic nitrogens is 1. The van der Waals surface area contributed by atoms with Crippen molar-refractivity contribution in [1.82, 2.24) is 0 Å².